The summed E-state index contributed by atoms with van der Waals surface area (Å²) >= 11 is 6.29. The van der Waals surface area contributed by atoms with Gasteiger partial charge in [0.25, 0.3) is 5.91 Å². The third-order valence-corrected chi connectivity index (χ3v) is 5.83. The van der Waals surface area contributed by atoms with Gasteiger partial charge >= 0.3 is 5.97 Å². The Morgan fingerprint density at radius 3 is 2.53 bits per heavy atom. The van der Waals surface area contributed by atoms with Crippen LogP contribution in [0, 0.1) is 0 Å². The van der Waals surface area contributed by atoms with Gasteiger partial charge in [0.2, 0.25) is 5.60 Å². The van der Waals surface area contributed by atoms with Gasteiger partial charge < -0.3 is 19.5 Å². The van der Waals surface area contributed by atoms with Crippen LogP contribution in [0.2, 0.25) is 5.02 Å². The smallest absolute Gasteiger partial charge is 0.339 e. The second kappa shape index (κ2) is 8.55. The number of anilines is 1. The molecule has 3 aromatic carbocycles. The Hall–Kier alpha value is -3.51. The molecular weight excluding hydrogens is 430 g/mol. The Bertz CT molecular complexity index is 1180. The highest BCUT2D eigenvalue weighted by Gasteiger charge is 2.54. The van der Waals surface area contributed by atoms with Crippen molar-refractivity contribution in [3.8, 4) is 11.5 Å². The Kier molecular flexibility index (Phi) is 5.80. The number of ether oxygens (including phenoxy) is 2. The van der Waals surface area contributed by atoms with Crippen molar-refractivity contribution in [3.63, 3.8) is 0 Å². The van der Waals surface area contributed by atoms with Crippen LogP contribution >= 0.6 is 11.6 Å². The van der Waals surface area contributed by atoms with E-state index >= 15 is 0 Å². The van der Waals surface area contributed by atoms with Gasteiger partial charge in [-0.3, -0.25) is 4.79 Å². The number of fused-ring (bicyclic) bond motifs is 1. The molecule has 0 saturated carbocycles. The molecule has 164 valence electrons. The maximum atomic E-state index is 13.8. The van der Waals surface area contributed by atoms with E-state index < -0.39 is 17.5 Å². The number of esters is 1. The van der Waals surface area contributed by atoms with E-state index in [4.69, 9.17) is 21.1 Å². The standard InChI is InChI=1S/C25H22ClNO5/c1-3-27-21-11-9-18(26)14-20(21)25(24(27)30,32-23(29)16-7-5-4-6-8-16)15-17-13-19(31-2)10-12-22(17)28/h4-14,28H,3,15H2,1-2H3. The largest absolute Gasteiger partial charge is 0.508 e. The summed E-state index contributed by atoms with van der Waals surface area (Å²) in [6.45, 7) is 2.22. The molecule has 0 radical (unpaired) electrons. The van der Waals surface area contributed by atoms with E-state index in [0.29, 0.717) is 39.7 Å². The first kappa shape index (κ1) is 21.7. The highest BCUT2D eigenvalue weighted by molar-refractivity contribution is 6.31. The summed E-state index contributed by atoms with van der Waals surface area (Å²) in [6.07, 6.45) is -0.0860. The van der Waals surface area contributed by atoms with Crippen LogP contribution in [0.4, 0.5) is 5.69 Å². The highest BCUT2D eigenvalue weighted by Crippen LogP contribution is 2.47. The minimum atomic E-state index is -1.70. The monoisotopic (exact) mass is 451 g/mol. The number of amides is 1. The van der Waals surface area contributed by atoms with Gasteiger partial charge in [0.1, 0.15) is 11.5 Å². The van der Waals surface area contributed by atoms with Gasteiger partial charge in [-0.2, -0.15) is 0 Å². The van der Waals surface area contributed by atoms with Gasteiger partial charge in [0.05, 0.1) is 18.4 Å². The number of nitrogens with zero attached hydrogens (tertiary/aromatic N) is 1. The van der Waals surface area contributed by atoms with Crippen molar-refractivity contribution < 1.29 is 24.2 Å². The number of phenolic OH excluding ortho intramolecular Hbond substituents is 1. The van der Waals surface area contributed by atoms with Crippen molar-refractivity contribution in [2.75, 3.05) is 18.6 Å². The lowest BCUT2D eigenvalue weighted by atomic mass is 9.87. The van der Waals surface area contributed by atoms with Crippen LogP contribution in [-0.4, -0.2) is 30.6 Å². The summed E-state index contributed by atoms with van der Waals surface area (Å²) in [5.74, 6) is -0.576. The third-order valence-electron chi connectivity index (χ3n) is 5.59. The lowest BCUT2D eigenvalue weighted by Crippen LogP contribution is -2.45. The van der Waals surface area contributed by atoms with Crippen LogP contribution in [0.1, 0.15) is 28.4 Å². The SMILES string of the molecule is CCN1C(=O)C(Cc2cc(OC)ccc2O)(OC(=O)c2ccccc2)c2cc(Cl)ccc21. The van der Waals surface area contributed by atoms with E-state index in [0.717, 1.165) is 0 Å². The van der Waals surface area contributed by atoms with Gasteiger partial charge in [-0.05, 0) is 55.5 Å². The molecule has 1 heterocycles. The average Bonchev–Trinajstić information content (AvgIpc) is 3.02. The molecule has 1 unspecified atom stereocenters. The molecule has 1 aliphatic heterocycles. The number of hydrogen-bond acceptors (Lipinski definition) is 5. The molecule has 7 heteroatoms. The number of methoxy groups -OCH3 is 1. The molecule has 0 aromatic heterocycles. The summed E-state index contributed by atoms with van der Waals surface area (Å²) in [6, 6.07) is 18.3. The van der Waals surface area contributed by atoms with Crippen molar-refractivity contribution in [2.24, 2.45) is 0 Å². The molecule has 0 bridgehead atoms. The molecule has 0 aliphatic carbocycles. The number of hydrogen-bond donors (Lipinski definition) is 1. The lowest BCUT2D eigenvalue weighted by Gasteiger charge is -2.29. The molecule has 3 aromatic rings. The van der Waals surface area contributed by atoms with Crippen LogP contribution in [0.15, 0.2) is 66.7 Å². The second-order valence-corrected chi connectivity index (χ2v) is 7.90. The van der Waals surface area contributed by atoms with Crippen LogP contribution < -0.4 is 9.64 Å². The molecule has 1 atom stereocenters. The van der Waals surface area contributed by atoms with Gasteiger partial charge in [-0.15, -0.1) is 0 Å². The maximum absolute atomic E-state index is 13.8. The number of aromatic hydroxyl groups is 1. The molecule has 1 aliphatic rings. The van der Waals surface area contributed by atoms with Gasteiger partial charge in [0.15, 0.2) is 0 Å². The first-order valence-corrected chi connectivity index (χ1v) is 10.5. The molecule has 4 rings (SSSR count). The van der Waals surface area contributed by atoms with Crippen molar-refractivity contribution in [3.05, 3.63) is 88.4 Å². The number of carbonyl (C=O) groups excluding carboxylic acids is 2. The van der Waals surface area contributed by atoms with Crippen LogP contribution in [0.3, 0.4) is 0 Å². The average molecular weight is 452 g/mol. The molecule has 6 nitrogen and oxygen atoms in total. The fourth-order valence-corrected chi connectivity index (χ4v) is 4.19. The summed E-state index contributed by atoms with van der Waals surface area (Å²) < 4.78 is 11.3. The molecule has 1 amide bonds. The summed E-state index contributed by atoms with van der Waals surface area (Å²) in [5.41, 5.74) is 0.108. The molecule has 0 spiro atoms. The van der Waals surface area contributed by atoms with Crippen LogP contribution in [0.25, 0.3) is 0 Å². The number of rotatable bonds is 6. The predicted octanol–water partition coefficient (Wildman–Crippen LogP) is 4.72. The fraction of sp³-hybridized carbons (Fsp3) is 0.200. The molecule has 32 heavy (non-hydrogen) atoms. The summed E-state index contributed by atoms with van der Waals surface area (Å²) in [7, 11) is 1.51. The minimum absolute atomic E-state index is 0.0349. The normalized spacial score (nSPS) is 17.2. The quantitative estimate of drug-likeness (QED) is 0.549. The number of phenols is 1. The fourth-order valence-electron chi connectivity index (χ4n) is 4.02. The van der Waals surface area contributed by atoms with Crippen LogP contribution in [-0.2, 0) is 21.6 Å². The molecule has 0 fully saturated rings. The zero-order chi connectivity index (χ0) is 22.9. The Morgan fingerprint density at radius 2 is 1.84 bits per heavy atom. The topological polar surface area (TPSA) is 76.1 Å². The Labute approximate surface area is 191 Å². The van der Waals surface area contributed by atoms with E-state index in [1.165, 1.54) is 13.2 Å². The Balaban J connectivity index is 1.89. The third kappa shape index (κ3) is 3.67. The van der Waals surface area contributed by atoms with E-state index in [9.17, 15) is 14.7 Å². The van der Waals surface area contributed by atoms with E-state index in [-0.39, 0.29) is 12.2 Å². The van der Waals surface area contributed by atoms with Crippen LogP contribution in [0.5, 0.6) is 11.5 Å². The minimum Gasteiger partial charge on any atom is -0.508 e. The zero-order valence-electron chi connectivity index (χ0n) is 17.7. The predicted molar refractivity (Wildman–Crippen MR) is 121 cm³/mol. The first-order valence-electron chi connectivity index (χ1n) is 10.2. The van der Waals surface area contributed by atoms with E-state index in [1.54, 1.807) is 65.6 Å². The number of likely N-dealkylation sites (N-methyl/N-ethyl adjacent to an activating group) is 1. The maximum Gasteiger partial charge on any atom is 0.339 e. The molecule has 1 N–H and O–H groups in total. The highest BCUT2D eigenvalue weighted by atomic mass is 35.5. The first-order chi connectivity index (χ1) is 15.4. The summed E-state index contributed by atoms with van der Waals surface area (Å²) in [4.78, 5) is 28.4. The van der Waals surface area contributed by atoms with E-state index in [2.05, 4.69) is 0 Å². The van der Waals surface area contributed by atoms with Crippen molar-refractivity contribution in [1.82, 2.24) is 0 Å². The molecule has 0 saturated heterocycles. The Morgan fingerprint density at radius 1 is 1.09 bits per heavy atom. The van der Waals surface area contributed by atoms with E-state index in [1.807, 2.05) is 6.92 Å². The van der Waals surface area contributed by atoms with Crippen molar-refractivity contribution in [1.29, 1.82) is 0 Å². The van der Waals surface area contributed by atoms with Gasteiger partial charge in [-0.1, -0.05) is 29.8 Å². The lowest BCUT2D eigenvalue weighted by molar-refractivity contribution is -0.137. The zero-order valence-corrected chi connectivity index (χ0v) is 18.4. The van der Waals surface area contributed by atoms with Crippen molar-refractivity contribution >= 4 is 29.2 Å². The number of halogens is 1. The van der Waals surface area contributed by atoms with Gasteiger partial charge in [0, 0.05) is 29.1 Å². The summed E-state index contributed by atoms with van der Waals surface area (Å²) in [5, 5.41) is 10.9. The number of carbonyl (C=O) groups is 2. The molecular formula is C25H22ClNO5. The van der Waals surface area contributed by atoms with Crippen molar-refractivity contribution in [2.45, 2.75) is 18.9 Å². The second-order valence-electron chi connectivity index (χ2n) is 7.46. The number of benzene rings is 3. The van der Waals surface area contributed by atoms with Gasteiger partial charge in [-0.25, -0.2) is 4.79 Å².